The number of fused-ring (bicyclic) bond motifs is 2. The summed E-state index contributed by atoms with van der Waals surface area (Å²) >= 11 is 1.40. The molecular weight excluding hydrogens is 396 g/mol. The third kappa shape index (κ3) is 3.90. The molecule has 2 heterocycles. The van der Waals surface area contributed by atoms with Crippen LogP contribution in [0, 0.1) is 0 Å². The third-order valence-electron chi connectivity index (χ3n) is 4.77. The smallest absolute Gasteiger partial charge is 0.250 e. The van der Waals surface area contributed by atoms with Gasteiger partial charge in [0, 0.05) is 17.0 Å². The third-order valence-corrected chi connectivity index (χ3v) is 5.53. The first-order valence-corrected chi connectivity index (χ1v) is 10.5. The second-order valence-electron chi connectivity index (χ2n) is 6.83. The molecule has 0 radical (unpaired) electrons. The Hall–Kier alpha value is -3.64. The molecule has 4 aromatic rings. The van der Waals surface area contributed by atoms with Crippen molar-refractivity contribution in [2.75, 3.05) is 18.5 Å². The molecule has 0 saturated carbocycles. The van der Waals surface area contributed by atoms with Crippen molar-refractivity contribution >= 4 is 39.2 Å². The molecular formula is C24H18N2O3S. The SMILES string of the molecule is O=C(/C=C\c1ccc2c(c1)OCCO2)Nc1nc(-c2ccc3ccccc3c2)cs1. The molecule has 0 atom stereocenters. The van der Waals surface area contributed by atoms with E-state index in [2.05, 4.69) is 34.6 Å². The van der Waals surface area contributed by atoms with E-state index in [9.17, 15) is 4.79 Å². The van der Waals surface area contributed by atoms with Crippen LogP contribution in [0.3, 0.4) is 0 Å². The first-order chi connectivity index (χ1) is 14.7. The van der Waals surface area contributed by atoms with Crippen LogP contribution < -0.4 is 14.8 Å². The predicted octanol–water partition coefficient (Wildman–Crippen LogP) is 5.39. The summed E-state index contributed by atoms with van der Waals surface area (Å²) in [6, 6.07) is 20.0. The van der Waals surface area contributed by atoms with Crippen molar-refractivity contribution in [3.63, 3.8) is 0 Å². The molecule has 0 bridgehead atoms. The quantitative estimate of drug-likeness (QED) is 0.455. The number of carbonyl (C=O) groups is 1. The lowest BCUT2D eigenvalue weighted by Gasteiger charge is -2.18. The summed E-state index contributed by atoms with van der Waals surface area (Å²) in [5, 5.41) is 7.69. The summed E-state index contributed by atoms with van der Waals surface area (Å²) in [4.78, 5) is 16.9. The van der Waals surface area contributed by atoms with Gasteiger partial charge in [-0.05, 0) is 40.6 Å². The Morgan fingerprint density at radius 2 is 1.80 bits per heavy atom. The van der Waals surface area contributed by atoms with E-state index in [0.717, 1.165) is 28.0 Å². The topological polar surface area (TPSA) is 60.5 Å². The minimum absolute atomic E-state index is 0.232. The number of thiazole rings is 1. The maximum Gasteiger partial charge on any atom is 0.250 e. The van der Waals surface area contributed by atoms with E-state index in [4.69, 9.17) is 9.47 Å². The summed E-state index contributed by atoms with van der Waals surface area (Å²) < 4.78 is 11.1. The fourth-order valence-corrected chi connectivity index (χ4v) is 4.02. The Labute approximate surface area is 177 Å². The lowest BCUT2D eigenvalue weighted by molar-refractivity contribution is -0.111. The van der Waals surface area contributed by atoms with E-state index in [-0.39, 0.29) is 5.91 Å². The average molecular weight is 414 g/mol. The molecule has 3 aromatic carbocycles. The Morgan fingerprint density at radius 3 is 2.70 bits per heavy atom. The van der Waals surface area contributed by atoms with E-state index in [0.29, 0.717) is 24.1 Å². The molecule has 0 unspecified atom stereocenters. The Bertz CT molecular complexity index is 1260. The summed E-state index contributed by atoms with van der Waals surface area (Å²) in [5.74, 6) is 1.19. The first kappa shape index (κ1) is 18.4. The minimum Gasteiger partial charge on any atom is -0.486 e. The van der Waals surface area contributed by atoms with E-state index < -0.39 is 0 Å². The van der Waals surface area contributed by atoms with Gasteiger partial charge in [-0.15, -0.1) is 11.3 Å². The highest BCUT2D eigenvalue weighted by Gasteiger charge is 2.11. The van der Waals surface area contributed by atoms with Crippen LogP contribution in [-0.2, 0) is 4.79 Å². The standard InChI is InChI=1S/C24H18N2O3S/c27-23(10-6-16-5-9-21-22(13-16)29-12-11-28-21)26-24-25-20(15-30-24)19-8-7-17-3-1-2-4-18(17)14-19/h1-10,13-15H,11-12H2,(H,25,26,27)/b10-6-. The van der Waals surface area contributed by atoms with Gasteiger partial charge in [0.15, 0.2) is 16.6 Å². The second-order valence-corrected chi connectivity index (χ2v) is 7.68. The van der Waals surface area contributed by atoms with Crippen LogP contribution in [0.2, 0.25) is 0 Å². The first-order valence-electron chi connectivity index (χ1n) is 9.58. The number of ether oxygens (including phenoxy) is 2. The number of rotatable bonds is 4. The summed E-state index contributed by atoms with van der Waals surface area (Å²) in [7, 11) is 0. The van der Waals surface area contributed by atoms with Crippen molar-refractivity contribution < 1.29 is 14.3 Å². The van der Waals surface area contributed by atoms with Gasteiger partial charge in [-0.3, -0.25) is 10.1 Å². The number of nitrogens with one attached hydrogen (secondary N) is 1. The molecule has 5 nitrogen and oxygen atoms in total. The molecule has 6 heteroatoms. The fraction of sp³-hybridized carbons (Fsp3) is 0.0833. The molecule has 30 heavy (non-hydrogen) atoms. The summed E-state index contributed by atoms with van der Waals surface area (Å²) in [6.07, 6.45) is 3.23. The van der Waals surface area contributed by atoms with Gasteiger partial charge in [-0.25, -0.2) is 4.98 Å². The van der Waals surface area contributed by atoms with Gasteiger partial charge in [-0.1, -0.05) is 42.5 Å². The lowest BCUT2D eigenvalue weighted by atomic mass is 10.1. The summed E-state index contributed by atoms with van der Waals surface area (Å²) in [5.41, 5.74) is 2.74. The molecule has 0 fully saturated rings. The van der Waals surface area contributed by atoms with Gasteiger partial charge in [0.05, 0.1) is 5.69 Å². The molecule has 5 rings (SSSR count). The maximum absolute atomic E-state index is 12.3. The second kappa shape index (κ2) is 8.00. The number of aromatic nitrogens is 1. The zero-order valence-electron chi connectivity index (χ0n) is 16.0. The molecule has 1 aliphatic rings. The van der Waals surface area contributed by atoms with Crippen molar-refractivity contribution in [1.82, 2.24) is 4.98 Å². The van der Waals surface area contributed by atoms with Gasteiger partial charge in [0.25, 0.3) is 0 Å². The molecule has 0 aliphatic carbocycles. The number of amides is 1. The van der Waals surface area contributed by atoms with Crippen molar-refractivity contribution in [3.05, 3.63) is 77.7 Å². The van der Waals surface area contributed by atoms with Crippen LogP contribution in [-0.4, -0.2) is 24.1 Å². The predicted molar refractivity (Wildman–Crippen MR) is 120 cm³/mol. The van der Waals surface area contributed by atoms with Gasteiger partial charge in [-0.2, -0.15) is 0 Å². The Balaban J connectivity index is 1.27. The molecule has 148 valence electrons. The number of anilines is 1. The van der Waals surface area contributed by atoms with Crippen LogP contribution in [0.1, 0.15) is 5.56 Å². The number of nitrogens with zero attached hydrogens (tertiary/aromatic N) is 1. The van der Waals surface area contributed by atoms with Crippen LogP contribution >= 0.6 is 11.3 Å². The highest BCUT2D eigenvalue weighted by atomic mass is 32.1. The molecule has 1 amide bonds. The van der Waals surface area contributed by atoms with Crippen molar-refractivity contribution in [3.8, 4) is 22.8 Å². The zero-order chi connectivity index (χ0) is 20.3. The molecule has 0 spiro atoms. The van der Waals surface area contributed by atoms with Gasteiger partial charge in [0.1, 0.15) is 13.2 Å². The average Bonchev–Trinajstić information content (AvgIpc) is 3.25. The zero-order valence-corrected chi connectivity index (χ0v) is 16.8. The minimum atomic E-state index is -0.232. The number of carbonyl (C=O) groups excluding carboxylic acids is 1. The van der Waals surface area contributed by atoms with Crippen molar-refractivity contribution in [2.24, 2.45) is 0 Å². The number of hydrogen-bond acceptors (Lipinski definition) is 5. The van der Waals surface area contributed by atoms with E-state index >= 15 is 0 Å². The number of hydrogen-bond donors (Lipinski definition) is 1. The number of benzene rings is 3. The monoisotopic (exact) mass is 414 g/mol. The molecule has 1 aliphatic heterocycles. The molecule has 1 aromatic heterocycles. The lowest BCUT2D eigenvalue weighted by Crippen LogP contribution is -2.15. The highest BCUT2D eigenvalue weighted by molar-refractivity contribution is 7.14. The van der Waals surface area contributed by atoms with Crippen LogP contribution in [0.25, 0.3) is 28.1 Å². The van der Waals surface area contributed by atoms with E-state index in [1.54, 1.807) is 6.08 Å². The Morgan fingerprint density at radius 1 is 0.967 bits per heavy atom. The van der Waals surface area contributed by atoms with Crippen molar-refractivity contribution in [2.45, 2.75) is 0 Å². The maximum atomic E-state index is 12.3. The molecule has 0 saturated heterocycles. The van der Waals surface area contributed by atoms with Gasteiger partial charge in [0.2, 0.25) is 5.91 Å². The highest BCUT2D eigenvalue weighted by Crippen LogP contribution is 2.31. The Kier molecular flexibility index (Phi) is 4.91. The summed E-state index contributed by atoms with van der Waals surface area (Å²) in [6.45, 7) is 1.09. The van der Waals surface area contributed by atoms with Crippen LogP contribution in [0.4, 0.5) is 5.13 Å². The van der Waals surface area contributed by atoms with Gasteiger partial charge < -0.3 is 9.47 Å². The van der Waals surface area contributed by atoms with Gasteiger partial charge >= 0.3 is 0 Å². The molecule has 1 N–H and O–H groups in total. The fourth-order valence-electron chi connectivity index (χ4n) is 3.29. The van der Waals surface area contributed by atoms with Crippen LogP contribution in [0.5, 0.6) is 11.5 Å². The largest absolute Gasteiger partial charge is 0.486 e. The normalized spacial score (nSPS) is 12.9. The van der Waals surface area contributed by atoms with E-state index in [1.165, 1.54) is 22.8 Å². The van der Waals surface area contributed by atoms with Crippen molar-refractivity contribution in [1.29, 1.82) is 0 Å². The van der Waals surface area contributed by atoms with E-state index in [1.807, 2.05) is 41.8 Å². The van der Waals surface area contributed by atoms with Crippen LogP contribution in [0.15, 0.2) is 72.1 Å².